The molecule has 0 saturated carbocycles. The molecule has 0 aromatic heterocycles. The summed E-state index contributed by atoms with van der Waals surface area (Å²) in [6, 6.07) is 0. The first-order chi connectivity index (χ1) is 6.08. The second-order valence-corrected chi connectivity index (χ2v) is 3.31. The molecule has 0 radical (unpaired) electrons. The van der Waals surface area contributed by atoms with Gasteiger partial charge in [0.05, 0.1) is 26.9 Å². The van der Waals surface area contributed by atoms with Crippen molar-refractivity contribution in [2.45, 2.75) is 6.92 Å². The molecule has 3 N–H and O–H groups in total. The van der Waals surface area contributed by atoms with Crippen LogP contribution in [0.1, 0.15) is 6.92 Å². The predicted octanol–water partition coefficient (Wildman–Crippen LogP) is -1.26. The third-order valence-corrected chi connectivity index (χ3v) is 1.81. The molecule has 0 amide bonds. The number of hydrogen-bond donors (Lipinski definition) is 3. The molecule has 0 spiro atoms. The topological polar surface area (TPSA) is 78.8 Å². The van der Waals surface area contributed by atoms with Crippen LogP contribution in [-0.4, -0.2) is 49.6 Å². The average Bonchev–Trinajstić information content (AvgIpc) is 2.17. The third-order valence-electron chi connectivity index (χ3n) is 1.81. The maximum absolute atomic E-state index is 10.7. The number of carbonyl (C=O) groups is 1. The van der Waals surface area contributed by atoms with Crippen molar-refractivity contribution in [2.75, 3.05) is 33.4 Å². The highest BCUT2D eigenvalue weighted by Gasteiger charge is 2.21. The minimum atomic E-state index is -0.589. The third kappa shape index (κ3) is 4.82. The van der Waals surface area contributed by atoms with Crippen LogP contribution in [0.25, 0.3) is 0 Å². The zero-order chi connectivity index (χ0) is 10.3. The quantitative estimate of drug-likeness (QED) is 0.457. The Morgan fingerprint density at radius 1 is 1.46 bits per heavy atom. The SMILES string of the molecule is COC(=O)CNCC(C)(CO)CO. The minimum absolute atomic E-state index is 0.0894. The van der Waals surface area contributed by atoms with Crippen LogP contribution in [0.2, 0.25) is 0 Å². The summed E-state index contributed by atoms with van der Waals surface area (Å²) < 4.78 is 4.41. The molecule has 5 nitrogen and oxygen atoms in total. The van der Waals surface area contributed by atoms with Crippen molar-refractivity contribution in [3.05, 3.63) is 0 Å². The summed E-state index contributed by atoms with van der Waals surface area (Å²) in [5, 5.41) is 20.6. The predicted molar refractivity (Wildman–Crippen MR) is 47.2 cm³/mol. The zero-order valence-electron chi connectivity index (χ0n) is 8.04. The van der Waals surface area contributed by atoms with Gasteiger partial charge < -0.3 is 20.3 Å². The standard InChI is InChI=1S/C8H17NO4/c1-8(5-10,6-11)4-9-3-7(12)13-2/h9-11H,3-6H2,1-2H3. The van der Waals surface area contributed by atoms with E-state index in [1.807, 2.05) is 0 Å². The van der Waals surface area contributed by atoms with Gasteiger partial charge in [-0.3, -0.25) is 4.79 Å². The molecule has 0 heterocycles. The lowest BCUT2D eigenvalue weighted by molar-refractivity contribution is -0.139. The van der Waals surface area contributed by atoms with Crippen molar-refractivity contribution in [2.24, 2.45) is 5.41 Å². The van der Waals surface area contributed by atoms with Gasteiger partial charge >= 0.3 is 5.97 Å². The Balaban J connectivity index is 3.67. The molecule has 78 valence electrons. The monoisotopic (exact) mass is 191 g/mol. The molecule has 5 heteroatoms. The number of carbonyl (C=O) groups excluding carboxylic acids is 1. The maximum Gasteiger partial charge on any atom is 0.319 e. The smallest absolute Gasteiger partial charge is 0.319 e. The van der Waals surface area contributed by atoms with Crippen LogP contribution < -0.4 is 5.32 Å². The summed E-state index contributed by atoms with van der Waals surface area (Å²) in [4.78, 5) is 10.7. The van der Waals surface area contributed by atoms with E-state index in [9.17, 15) is 4.79 Å². The molecule has 0 saturated heterocycles. The fourth-order valence-corrected chi connectivity index (χ4v) is 0.700. The van der Waals surface area contributed by atoms with Crippen molar-refractivity contribution in [3.63, 3.8) is 0 Å². The molecular formula is C8H17NO4. The van der Waals surface area contributed by atoms with E-state index in [-0.39, 0.29) is 25.7 Å². The molecule has 13 heavy (non-hydrogen) atoms. The fourth-order valence-electron chi connectivity index (χ4n) is 0.700. The lowest BCUT2D eigenvalue weighted by Gasteiger charge is -2.24. The molecule has 0 bridgehead atoms. The maximum atomic E-state index is 10.7. The fraction of sp³-hybridized carbons (Fsp3) is 0.875. The van der Waals surface area contributed by atoms with E-state index in [1.54, 1.807) is 6.92 Å². The summed E-state index contributed by atoms with van der Waals surface area (Å²) in [5.41, 5.74) is -0.589. The molecule has 0 atom stereocenters. The zero-order valence-corrected chi connectivity index (χ0v) is 8.04. The van der Waals surface area contributed by atoms with Gasteiger partial charge in [-0.05, 0) is 0 Å². The highest BCUT2D eigenvalue weighted by Crippen LogP contribution is 2.11. The highest BCUT2D eigenvalue weighted by atomic mass is 16.5. The van der Waals surface area contributed by atoms with Crippen LogP contribution in [0.3, 0.4) is 0 Å². The summed E-state index contributed by atoms with van der Waals surface area (Å²) in [6.45, 7) is 1.92. The second-order valence-electron chi connectivity index (χ2n) is 3.31. The molecule has 0 aliphatic rings. The number of rotatable bonds is 6. The first-order valence-corrected chi connectivity index (χ1v) is 4.07. The van der Waals surface area contributed by atoms with Gasteiger partial charge in [0.2, 0.25) is 0 Å². The Morgan fingerprint density at radius 2 is 2.00 bits per heavy atom. The Labute approximate surface area is 77.7 Å². The van der Waals surface area contributed by atoms with E-state index in [4.69, 9.17) is 10.2 Å². The Kier molecular flexibility index (Phi) is 5.61. The highest BCUT2D eigenvalue weighted by molar-refractivity contribution is 5.71. The van der Waals surface area contributed by atoms with E-state index in [2.05, 4.69) is 10.1 Å². The molecular weight excluding hydrogens is 174 g/mol. The van der Waals surface area contributed by atoms with Gasteiger partial charge in [-0.2, -0.15) is 0 Å². The minimum Gasteiger partial charge on any atom is -0.468 e. The van der Waals surface area contributed by atoms with Gasteiger partial charge in [-0.1, -0.05) is 6.92 Å². The summed E-state index contributed by atoms with van der Waals surface area (Å²) >= 11 is 0. The van der Waals surface area contributed by atoms with Crippen LogP contribution in [0.15, 0.2) is 0 Å². The lowest BCUT2D eigenvalue weighted by atomic mass is 9.93. The van der Waals surface area contributed by atoms with Crippen molar-refractivity contribution in [3.8, 4) is 0 Å². The second kappa shape index (κ2) is 5.90. The molecule has 0 aromatic carbocycles. The largest absolute Gasteiger partial charge is 0.468 e. The summed E-state index contributed by atoms with van der Waals surface area (Å²) in [5.74, 6) is -0.363. The number of nitrogens with one attached hydrogen (secondary N) is 1. The van der Waals surface area contributed by atoms with Gasteiger partial charge in [0.1, 0.15) is 0 Å². The summed E-state index contributed by atoms with van der Waals surface area (Å²) in [7, 11) is 1.31. The average molecular weight is 191 g/mol. The van der Waals surface area contributed by atoms with Crippen LogP contribution in [-0.2, 0) is 9.53 Å². The van der Waals surface area contributed by atoms with E-state index >= 15 is 0 Å². The molecule has 0 aromatic rings. The van der Waals surface area contributed by atoms with Crippen molar-refractivity contribution in [1.82, 2.24) is 5.32 Å². The van der Waals surface area contributed by atoms with Crippen LogP contribution in [0.5, 0.6) is 0 Å². The molecule has 0 fully saturated rings. The van der Waals surface area contributed by atoms with Crippen LogP contribution >= 0.6 is 0 Å². The molecule has 0 rings (SSSR count). The van der Waals surface area contributed by atoms with Crippen LogP contribution in [0, 0.1) is 5.41 Å². The first-order valence-electron chi connectivity index (χ1n) is 4.07. The van der Waals surface area contributed by atoms with Crippen molar-refractivity contribution < 1.29 is 19.7 Å². The number of hydrogen-bond acceptors (Lipinski definition) is 5. The molecule has 0 unspecified atom stereocenters. The normalized spacial score (nSPS) is 11.4. The Hall–Kier alpha value is -0.650. The molecule has 0 aliphatic heterocycles. The number of ether oxygens (including phenoxy) is 1. The summed E-state index contributed by atoms with van der Waals surface area (Å²) in [6.07, 6.45) is 0. The number of aliphatic hydroxyl groups is 2. The Morgan fingerprint density at radius 3 is 2.38 bits per heavy atom. The molecule has 0 aliphatic carbocycles. The van der Waals surface area contributed by atoms with Gasteiger partial charge in [-0.15, -0.1) is 0 Å². The van der Waals surface area contributed by atoms with Gasteiger partial charge in [0.15, 0.2) is 0 Å². The van der Waals surface area contributed by atoms with Gasteiger partial charge in [0.25, 0.3) is 0 Å². The van der Waals surface area contributed by atoms with Crippen molar-refractivity contribution in [1.29, 1.82) is 0 Å². The Bertz CT molecular complexity index is 156. The number of esters is 1. The van der Waals surface area contributed by atoms with Crippen molar-refractivity contribution >= 4 is 5.97 Å². The first kappa shape index (κ1) is 12.3. The lowest BCUT2D eigenvalue weighted by Crippen LogP contribution is -2.39. The van der Waals surface area contributed by atoms with E-state index < -0.39 is 5.41 Å². The van der Waals surface area contributed by atoms with E-state index in [1.165, 1.54) is 7.11 Å². The van der Waals surface area contributed by atoms with Gasteiger partial charge in [0, 0.05) is 12.0 Å². The van der Waals surface area contributed by atoms with E-state index in [0.29, 0.717) is 6.54 Å². The number of methoxy groups -OCH3 is 1. The van der Waals surface area contributed by atoms with Crippen LogP contribution in [0.4, 0.5) is 0 Å². The van der Waals surface area contributed by atoms with E-state index in [0.717, 1.165) is 0 Å². The van der Waals surface area contributed by atoms with Gasteiger partial charge in [-0.25, -0.2) is 0 Å². The number of aliphatic hydroxyl groups excluding tert-OH is 2.